The van der Waals surface area contributed by atoms with Gasteiger partial charge < -0.3 is 9.64 Å². The molecule has 0 spiro atoms. The van der Waals surface area contributed by atoms with E-state index in [4.69, 9.17) is 4.74 Å². The first-order valence-corrected chi connectivity index (χ1v) is 6.30. The maximum absolute atomic E-state index is 11.1. The molecule has 1 aliphatic rings. The van der Waals surface area contributed by atoms with Gasteiger partial charge in [-0.3, -0.25) is 9.69 Å². The maximum Gasteiger partial charge on any atom is 0.143 e. The summed E-state index contributed by atoms with van der Waals surface area (Å²) in [7, 11) is 1.70. The SMILES string of the molecule is COc1ccccc1N1CCN(CC(C)=O)CC1. The van der Waals surface area contributed by atoms with Gasteiger partial charge >= 0.3 is 0 Å². The van der Waals surface area contributed by atoms with Crippen molar-refractivity contribution in [3.63, 3.8) is 0 Å². The minimum absolute atomic E-state index is 0.237. The normalized spacial score (nSPS) is 16.7. The van der Waals surface area contributed by atoms with Crippen molar-refractivity contribution in [3.05, 3.63) is 24.3 Å². The van der Waals surface area contributed by atoms with Crippen molar-refractivity contribution in [3.8, 4) is 5.75 Å². The Morgan fingerprint density at radius 2 is 1.89 bits per heavy atom. The second kappa shape index (κ2) is 5.87. The second-order valence-electron chi connectivity index (χ2n) is 4.64. The fourth-order valence-electron chi connectivity index (χ4n) is 2.35. The van der Waals surface area contributed by atoms with Crippen LogP contribution >= 0.6 is 0 Å². The predicted molar refractivity (Wildman–Crippen MR) is 72.3 cm³/mol. The summed E-state index contributed by atoms with van der Waals surface area (Å²) in [5, 5.41) is 0. The van der Waals surface area contributed by atoms with E-state index in [9.17, 15) is 4.79 Å². The molecule has 0 atom stereocenters. The molecule has 1 aromatic carbocycles. The number of ether oxygens (including phenoxy) is 1. The summed E-state index contributed by atoms with van der Waals surface area (Å²) in [4.78, 5) is 15.6. The first kappa shape index (κ1) is 12.9. The van der Waals surface area contributed by atoms with Gasteiger partial charge in [0, 0.05) is 26.2 Å². The van der Waals surface area contributed by atoms with E-state index in [1.165, 1.54) is 0 Å². The molecule has 2 rings (SSSR count). The number of methoxy groups -OCH3 is 1. The van der Waals surface area contributed by atoms with Crippen LogP contribution < -0.4 is 9.64 Å². The Morgan fingerprint density at radius 3 is 2.50 bits per heavy atom. The molecule has 4 nitrogen and oxygen atoms in total. The van der Waals surface area contributed by atoms with Gasteiger partial charge in [0.25, 0.3) is 0 Å². The fraction of sp³-hybridized carbons (Fsp3) is 0.500. The third-order valence-electron chi connectivity index (χ3n) is 3.24. The van der Waals surface area contributed by atoms with E-state index < -0.39 is 0 Å². The molecular formula is C14H20N2O2. The Hall–Kier alpha value is -1.55. The summed E-state index contributed by atoms with van der Waals surface area (Å²) in [5.41, 5.74) is 1.14. The molecule has 1 heterocycles. The Balaban J connectivity index is 1.99. The van der Waals surface area contributed by atoms with Crippen LogP contribution in [0.1, 0.15) is 6.92 Å². The molecule has 1 aromatic rings. The first-order chi connectivity index (χ1) is 8.70. The molecule has 98 valence electrons. The van der Waals surface area contributed by atoms with E-state index in [0.29, 0.717) is 6.54 Å². The van der Waals surface area contributed by atoms with E-state index in [1.54, 1.807) is 14.0 Å². The average molecular weight is 248 g/mol. The van der Waals surface area contributed by atoms with Crippen LogP contribution in [0.2, 0.25) is 0 Å². The van der Waals surface area contributed by atoms with Gasteiger partial charge in [-0.1, -0.05) is 12.1 Å². The summed E-state index contributed by atoms with van der Waals surface area (Å²) in [6.07, 6.45) is 0. The molecule has 0 amide bonds. The molecule has 0 bridgehead atoms. The van der Waals surface area contributed by atoms with E-state index in [0.717, 1.165) is 37.6 Å². The lowest BCUT2D eigenvalue weighted by atomic mass is 10.2. The molecule has 0 saturated carbocycles. The van der Waals surface area contributed by atoms with Crippen molar-refractivity contribution in [2.24, 2.45) is 0 Å². The summed E-state index contributed by atoms with van der Waals surface area (Å²) < 4.78 is 5.38. The van der Waals surface area contributed by atoms with Crippen molar-refractivity contribution in [2.75, 3.05) is 44.7 Å². The number of para-hydroxylation sites is 2. The lowest BCUT2D eigenvalue weighted by molar-refractivity contribution is -0.118. The minimum Gasteiger partial charge on any atom is -0.495 e. The van der Waals surface area contributed by atoms with Crippen LogP contribution in [-0.2, 0) is 4.79 Å². The highest BCUT2D eigenvalue weighted by Crippen LogP contribution is 2.28. The topological polar surface area (TPSA) is 32.8 Å². The number of Topliss-reactive ketones (excluding diaryl/α,β-unsaturated/α-hetero) is 1. The monoisotopic (exact) mass is 248 g/mol. The van der Waals surface area contributed by atoms with Crippen LogP contribution in [0.15, 0.2) is 24.3 Å². The highest BCUT2D eigenvalue weighted by Gasteiger charge is 2.19. The Morgan fingerprint density at radius 1 is 1.22 bits per heavy atom. The smallest absolute Gasteiger partial charge is 0.143 e. The van der Waals surface area contributed by atoms with E-state index in [1.807, 2.05) is 18.2 Å². The zero-order valence-electron chi connectivity index (χ0n) is 11.1. The zero-order chi connectivity index (χ0) is 13.0. The van der Waals surface area contributed by atoms with Crippen LogP contribution in [0, 0.1) is 0 Å². The maximum atomic E-state index is 11.1. The molecule has 0 radical (unpaired) electrons. The molecule has 0 aliphatic carbocycles. The van der Waals surface area contributed by atoms with Crippen LogP contribution in [0.5, 0.6) is 5.75 Å². The number of carbonyl (C=O) groups excluding carboxylic acids is 1. The van der Waals surface area contributed by atoms with Crippen LogP contribution in [0.4, 0.5) is 5.69 Å². The largest absolute Gasteiger partial charge is 0.495 e. The van der Waals surface area contributed by atoms with Crippen molar-refractivity contribution < 1.29 is 9.53 Å². The Labute approximate surface area is 108 Å². The van der Waals surface area contributed by atoms with Gasteiger partial charge in [-0.05, 0) is 19.1 Å². The molecule has 0 aromatic heterocycles. The third-order valence-corrected chi connectivity index (χ3v) is 3.24. The van der Waals surface area contributed by atoms with Gasteiger partial charge in [-0.2, -0.15) is 0 Å². The van der Waals surface area contributed by atoms with Gasteiger partial charge in [0.2, 0.25) is 0 Å². The van der Waals surface area contributed by atoms with E-state index in [2.05, 4.69) is 15.9 Å². The van der Waals surface area contributed by atoms with Gasteiger partial charge in [-0.25, -0.2) is 0 Å². The van der Waals surface area contributed by atoms with Crippen LogP contribution in [0.25, 0.3) is 0 Å². The molecule has 4 heteroatoms. The average Bonchev–Trinajstić information content (AvgIpc) is 2.39. The third kappa shape index (κ3) is 3.01. The number of carbonyl (C=O) groups is 1. The first-order valence-electron chi connectivity index (χ1n) is 6.30. The summed E-state index contributed by atoms with van der Waals surface area (Å²) >= 11 is 0. The number of piperazine rings is 1. The summed E-state index contributed by atoms with van der Waals surface area (Å²) in [5.74, 6) is 1.15. The molecule has 1 aliphatic heterocycles. The second-order valence-corrected chi connectivity index (χ2v) is 4.64. The fourth-order valence-corrected chi connectivity index (χ4v) is 2.35. The molecule has 18 heavy (non-hydrogen) atoms. The standard InChI is InChI=1S/C14H20N2O2/c1-12(17)11-15-7-9-16(10-8-15)13-5-3-4-6-14(13)18-2/h3-6H,7-11H2,1-2H3. The van der Waals surface area contributed by atoms with Crippen molar-refractivity contribution in [2.45, 2.75) is 6.92 Å². The van der Waals surface area contributed by atoms with E-state index >= 15 is 0 Å². The number of rotatable bonds is 4. The Bertz CT molecular complexity index is 412. The Kier molecular flexibility index (Phi) is 4.20. The lowest BCUT2D eigenvalue weighted by Crippen LogP contribution is -2.47. The quantitative estimate of drug-likeness (QED) is 0.806. The minimum atomic E-state index is 0.237. The number of hydrogen-bond donors (Lipinski definition) is 0. The lowest BCUT2D eigenvalue weighted by Gasteiger charge is -2.36. The molecule has 1 saturated heterocycles. The summed E-state index contributed by atoms with van der Waals surface area (Å²) in [6, 6.07) is 8.07. The molecule has 0 unspecified atom stereocenters. The van der Waals surface area contributed by atoms with Gasteiger partial charge in [0.15, 0.2) is 0 Å². The number of anilines is 1. The number of hydrogen-bond acceptors (Lipinski definition) is 4. The van der Waals surface area contributed by atoms with Gasteiger partial charge in [-0.15, -0.1) is 0 Å². The highest BCUT2D eigenvalue weighted by molar-refractivity contribution is 5.77. The van der Waals surface area contributed by atoms with Crippen LogP contribution in [0.3, 0.4) is 0 Å². The summed E-state index contributed by atoms with van der Waals surface area (Å²) in [6.45, 7) is 5.95. The highest BCUT2D eigenvalue weighted by atomic mass is 16.5. The number of nitrogens with zero attached hydrogens (tertiary/aromatic N) is 2. The van der Waals surface area contributed by atoms with E-state index in [-0.39, 0.29) is 5.78 Å². The van der Waals surface area contributed by atoms with Gasteiger partial charge in [0.1, 0.15) is 11.5 Å². The van der Waals surface area contributed by atoms with Crippen molar-refractivity contribution in [1.29, 1.82) is 0 Å². The number of benzene rings is 1. The molecular weight excluding hydrogens is 228 g/mol. The zero-order valence-corrected chi connectivity index (χ0v) is 11.1. The number of ketones is 1. The molecule has 1 fully saturated rings. The van der Waals surface area contributed by atoms with Gasteiger partial charge in [0.05, 0.1) is 19.3 Å². The van der Waals surface area contributed by atoms with Crippen LogP contribution in [-0.4, -0.2) is 50.5 Å². The van der Waals surface area contributed by atoms with Crippen molar-refractivity contribution >= 4 is 11.5 Å². The van der Waals surface area contributed by atoms with Crippen molar-refractivity contribution in [1.82, 2.24) is 4.90 Å². The molecule has 0 N–H and O–H groups in total. The predicted octanol–water partition coefficient (Wildman–Crippen LogP) is 1.41.